The second kappa shape index (κ2) is 4.79. The highest BCUT2D eigenvalue weighted by Crippen LogP contribution is 2.11. The molecule has 0 heterocycles. The zero-order valence-corrected chi connectivity index (χ0v) is 7.51. The molecule has 62 valence electrons. The van der Waals surface area contributed by atoms with E-state index in [1.54, 1.807) is 0 Å². The van der Waals surface area contributed by atoms with Gasteiger partial charge < -0.3 is 4.85 Å². The minimum absolute atomic E-state index is 0.604. The Hall–Kier alpha value is -1.00. The van der Waals surface area contributed by atoms with E-state index >= 15 is 0 Å². The van der Waals surface area contributed by atoms with Crippen molar-refractivity contribution in [1.29, 1.82) is 0 Å². The fraction of sp³-hybridized carbons (Fsp3) is 0.300. The Bertz CT molecular complexity index is 288. The highest BCUT2D eigenvalue weighted by molar-refractivity contribution is 6.30. The lowest BCUT2D eigenvalue weighted by Gasteiger charge is -1.97. The minimum atomic E-state index is 0.604. The molecule has 0 aliphatic heterocycles. The number of rotatable bonds is 3. The Morgan fingerprint density at radius 1 is 1.42 bits per heavy atom. The molecule has 0 saturated heterocycles. The van der Waals surface area contributed by atoms with Gasteiger partial charge in [0, 0.05) is 11.4 Å². The predicted octanol–water partition coefficient (Wildman–Crippen LogP) is 3.19. The van der Waals surface area contributed by atoms with E-state index in [4.69, 9.17) is 18.2 Å². The van der Waals surface area contributed by atoms with E-state index in [1.807, 2.05) is 24.3 Å². The van der Waals surface area contributed by atoms with E-state index in [2.05, 4.69) is 4.85 Å². The van der Waals surface area contributed by atoms with Crippen LogP contribution in [-0.4, -0.2) is 6.54 Å². The maximum atomic E-state index is 6.61. The molecule has 0 aliphatic rings. The van der Waals surface area contributed by atoms with Gasteiger partial charge in [0.1, 0.15) is 0 Å². The maximum Gasteiger partial charge on any atom is 0.215 e. The second-order valence-corrected chi connectivity index (χ2v) is 3.05. The predicted molar refractivity (Wildman–Crippen MR) is 51.2 cm³/mol. The van der Waals surface area contributed by atoms with Crippen molar-refractivity contribution in [2.24, 2.45) is 0 Å². The van der Waals surface area contributed by atoms with Crippen molar-refractivity contribution in [3.63, 3.8) is 0 Å². The van der Waals surface area contributed by atoms with Crippen molar-refractivity contribution < 1.29 is 0 Å². The molecule has 0 spiro atoms. The van der Waals surface area contributed by atoms with Crippen LogP contribution >= 0.6 is 11.6 Å². The third-order valence-corrected chi connectivity index (χ3v) is 1.86. The van der Waals surface area contributed by atoms with E-state index in [-0.39, 0.29) is 0 Å². The summed E-state index contributed by atoms with van der Waals surface area (Å²) in [5.74, 6) is 0. The summed E-state index contributed by atoms with van der Waals surface area (Å²) in [6.07, 6.45) is 1.87. The van der Waals surface area contributed by atoms with Crippen LogP contribution in [0.25, 0.3) is 4.85 Å². The van der Waals surface area contributed by atoms with Gasteiger partial charge >= 0.3 is 0 Å². The molecule has 1 nitrogen and oxygen atoms in total. The van der Waals surface area contributed by atoms with Gasteiger partial charge in [0.25, 0.3) is 0 Å². The molecule has 0 radical (unpaired) electrons. The summed E-state index contributed by atoms with van der Waals surface area (Å²) in [4.78, 5) is 3.29. The molecule has 1 aromatic rings. The first-order valence-corrected chi connectivity index (χ1v) is 4.28. The zero-order valence-electron chi connectivity index (χ0n) is 6.76. The number of aryl methyl sites for hydroxylation is 1. The molecule has 0 aliphatic carbocycles. The SMILES string of the molecule is [C-]#[N+]CCCc1cccc(Cl)c1. The van der Waals surface area contributed by atoms with E-state index < -0.39 is 0 Å². The van der Waals surface area contributed by atoms with E-state index in [1.165, 1.54) is 5.56 Å². The lowest BCUT2D eigenvalue weighted by molar-refractivity contribution is 0.892. The van der Waals surface area contributed by atoms with Crippen molar-refractivity contribution in [2.45, 2.75) is 12.8 Å². The van der Waals surface area contributed by atoms with Gasteiger partial charge in [-0.1, -0.05) is 23.7 Å². The normalized spacial score (nSPS) is 9.33. The summed E-state index contributed by atoms with van der Waals surface area (Å²) in [6, 6.07) is 7.79. The van der Waals surface area contributed by atoms with E-state index in [9.17, 15) is 0 Å². The second-order valence-electron chi connectivity index (χ2n) is 2.62. The average Bonchev–Trinajstić information content (AvgIpc) is 2.05. The summed E-state index contributed by atoms with van der Waals surface area (Å²) in [7, 11) is 0. The van der Waals surface area contributed by atoms with Gasteiger partial charge in [-0.15, -0.1) is 0 Å². The summed E-state index contributed by atoms with van der Waals surface area (Å²) in [5.41, 5.74) is 1.21. The lowest BCUT2D eigenvalue weighted by Crippen LogP contribution is -1.86. The van der Waals surface area contributed by atoms with Crippen molar-refractivity contribution >= 4 is 11.6 Å². The average molecular weight is 180 g/mol. The molecule has 2 heteroatoms. The zero-order chi connectivity index (χ0) is 8.81. The molecule has 0 aromatic heterocycles. The van der Waals surface area contributed by atoms with E-state index in [0.29, 0.717) is 6.54 Å². The van der Waals surface area contributed by atoms with Crippen molar-refractivity contribution in [3.8, 4) is 0 Å². The Morgan fingerprint density at radius 3 is 2.92 bits per heavy atom. The van der Waals surface area contributed by atoms with Crippen LogP contribution in [0.15, 0.2) is 24.3 Å². The molecule has 0 unspecified atom stereocenters. The van der Waals surface area contributed by atoms with Gasteiger partial charge in [0.15, 0.2) is 0 Å². The molecule has 1 aromatic carbocycles. The Kier molecular flexibility index (Phi) is 3.63. The fourth-order valence-electron chi connectivity index (χ4n) is 1.05. The fourth-order valence-corrected chi connectivity index (χ4v) is 1.27. The van der Waals surface area contributed by atoms with Crippen LogP contribution in [0.1, 0.15) is 12.0 Å². The Morgan fingerprint density at radius 2 is 2.25 bits per heavy atom. The van der Waals surface area contributed by atoms with Crippen LogP contribution in [-0.2, 0) is 6.42 Å². The molecule has 0 atom stereocenters. The molecule has 0 fully saturated rings. The molecule has 1 rings (SSSR count). The minimum Gasteiger partial charge on any atom is -0.317 e. The smallest absolute Gasteiger partial charge is 0.215 e. The molecular formula is C10H10ClN. The van der Waals surface area contributed by atoms with Gasteiger partial charge in [-0.3, -0.25) is 0 Å². The summed E-state index contributed by atoms with van der Waals surface area (Å²) in [6.45, 7) is 7.21. The van der Waals surface area contributed by atoms with E-state index in [0.717, 1.165) is 17.9 Å². The van der Waals surface area contributed by atoms with Crippen LogP contribution in [0.3, 0.4) is 0 Å². The van der Waals surface area contributed by atoms with Crippen LogP contribution in [0.2, 0.25) is 5.02 Å². The first kappa shape index (κ1) is 9.09. The molecular weight excluding hydrogens is 170 g/mol. The highest BCUT2D eigenvalue weighted by atomic mass is 35.5. The standard InChI is InChI=1S/C10H10ClN/c1-12-7-3-5-9-4-2-6-10(11)8-9/h2,4,6,8H,3,5,7H2. The lowest BCUT2D eigenvalue weighted by atomic mass is 10.1. The molecule has 0 N–H and O–H groups in total. The number of nitrogens with zero attached hydrogens (tertiary/aromatic N) is 1. The molecule has 12 heavy (non-hydrogen) atoms. The summed E-state index contributed by atoms with van der Waals surface area (Å²) in [5, 5.41) is 0.773. The third kappa shape index (κ3) is 2.94. The third-order valence-electron chi connectivity index (χ3n) is 1.62. The number of benzene rings is 1. The van der Waals surface area contributed by atoms with Gasteiger partial charge in [-0.2, -0.15) is 0 Å². The van der Waals surface area contributed by atoms with Gasteiger partial charge in [0.05, 0.1) is 0 Å². The Balaban J connectivity index is 2.48. The van der Waals surface area contributed by atoms with Crippen LogP contribution < -0.4 is 0 Å². The van der Waals surface area contributed by atoms with Gasteiger partial charge in [0.2, 0.25) is 6.54 Å². The van der Waals surface area contributed by atoms with Gasteiger partial charge in [-0.05, 0) is 24.1 Å². The monoisotopic (exact) mass is 179 g/mol. The quantitative estimate of drug-likeness (QED) is 0.496. The van der Waals surface area contributed by atoms with Crippen LogP contribution in [0.4, 0.5) is 0 Å². The first-order chi connectivity index (χ1) is 5.83. The molecule has 0 bridgehead atoms. The number of hydrogen-bond donors (Lipinski definition) is 0. The van der Waals surface area contributed by atoms with Gasteiger partial charge in [-0.25, -0.2) is 6.57 Å². The van der Waals surface area contributed by atoms with Crippen molar-refractivity contribution in [1.82, 2.24) is 0 Å². The topological polar surface area (TPSA) is 4.36 Å². The van der Waals surface area contributed by atoms with Crippen molar-refractivity contribution in [3.05, 3.63) is 46.3 Å². The molecule has 0 amide bonds. The Labute approximate surface area is 77.8 Å². The number of halogens is 1. The first-order valence-electron chi connectivity index (χ1n) is 3.90. The van der Waals surface area contributed by atoms with Crippen LogP contribution in [0, 0.1) is 6.57 Å². The highest BCUT2D eigenvalue weighted by Gasteiger charge is 1.94. The molecule has 0 saturated carbocycles. The van der Waals surface area contributed by atoms with Crippen molar-refractivity contribution in [2.75, 3.05) is 6.54 Å². The number of hydrogen-bond acceptors (Lipinski definition) is 0. The largest absolute Gasteiger partial charge is 0.317 e. The summed E-state index contributed by atoms with van der Waals surface area (Å²) < 4.78 is 0. The summed E-state index contributed by atoms with van der Waals surface area (Å²) >= 11 is 5.80. The maximum absolute atomic E-state index is 6.61. The van der Waals surface area contributed by atoms with Crippen LogP contribution in [0.5, 0.6) is 0 Å².